The number of hydrogen-bond donors (Lipinski definition) is 3. The molecule has 1 saturated carbocycles. The molecule has 1 aromatic carbocycles. The van der Waals surface area contributed by atoms with Crippen molar-refractivity contribution < 1.29 is 24.9 Å². The van der Waals surface area contributed by atoms with Crippen LogP contribution < -0.4 is 4.80 Å². The Hall–Kier alpha value is -2.52. The molecule has 1 aliphatic rings. The quantitative estimate of drug-likeness (QED) is 0.264. The highest BCUT2D eigenvalue weighted by atomic mass is 35.5. The van der Waals surface area contributed by atoms with Gasteiger partial charge in [-0.15, -0.1) is 23.7 Å². The molecule has 1 aliphatic carbocycles. The number of thiazole rings is 1. The molecule has 0 amide bonds. The van der Waals surface area contributed by atoms with Gasteiger partial charge in [0.1, 0.15) is 0 Å². The van der Waals surface area contributed by atoms with Crippen molar-refractivity contribution in [2.75, 3.05) is 6.61 Å². The predicted octanol–water partition coefficient (Wildman–Crippen LogP) is 2.92. The van der Waals surface area contributed by atoms with E-state index >= 15 is 0 Å². The zero-order valence-electron chi connectivity index (χ0n) is 15.7. The smallest absolute Gasteiger partial charge is 0.293 e. The molecule has 2 aromatic rings. The van der Waals surface area contributed by atoms with Crippen LogP contribution in [0.4, 0.5) is 0 Å². The van der Waals surface area contributed by atoms with Crippen LogP contribution in [0.2, 0.25) is 0 Å². The molecule has 0 radical (unpaired) electrons. The molecule has 1 fully saturated rings. The van der Waals surface area contributed by atoms with Crippen LogP contribution in [0.1, 0.15) is 43.4 Å². The predicted molar refractivity (Wildman–Crippen MR) is 112 cm³/mol. The Bertz CT molecular complexity index is 919. The first-order chi connectivity index (χ1) is 13.6. The Morgan fingerprint density at radius 1 is 1.17 bits per heavy atom. The van der Waals surface area contributed by atoms with Crippen LogP contribution in [0.15, 0.2) is 27.6 Å². The van der Waals surface area contributed by atoms with E-state index in [-0.39, 0.29) is 30.6 Å². The summed E-state index contributed by atoms with van der Waals surface area (Å²) in [5.41, 5.74) is 1.08. The molecule has 158 valence electrons. The molecule has 0 atom stereocenters. The molecule has 0 unspecified atom stereocenters. The van der Waals surface area contributed by atoms with Gasteiger partial charge in [-0.25, -0.2) is 4.68 Å². The van der Waals surface area contributed by atoms with E-state index in [4.69, 9.17) is 9.73 Å². The minimum absolute atomic E-state index is 0. The number of hydrogen-bond acceptors (Lipinski definition) is 8. The number of carbonyl (C=O) groups excluding carboxylic acids is 1. The van der Waals surface area contributed by atoms with Crippen LogP contribution in [0.25, 0.3) is 0 Å². The maximum atomic E-state index is 10.4. The van der Waals surface area contributed by atoms with E-state index in [1.807, 2.05) is 5.38 Å². The Morgan fingerprint density at radius 3 is 2.66 bits per heavy atom. The van der Waals surface area contributed by atoms with Crippen molar-refractivity contribution in [2.45, 2.75) is 44.6 Å². The van der Waals surface area contributed by atoms with Gasteiger partial charge in [-0.3, -0.25) is 9.79 Å². The molecule has 1 aromatic heterocycles. The summed E-state index contributed by atoms with van der Waals surface area (Å²) in [4.78, 5) is 16.0. The molecule has 1 heterocycles. The fourth-order valence-corrected chi connectivity index (χ4v) is 4.04. The Kier molecular flexibility index (Phi) is 8.53. The third kappa shape index (κ3) is 5.74. The average molecular weight is 442 g/mol. The van der Waals surface area contributed by atoms with Crippen molar-refractivity contribution in [2.24, 2.45) is 10.1 Å². The van der Waals surface area contributed by atoms with Crippen LogP contribution in [0.5, 0.6) is 17.2 Å². The molecule has 3 N–H and O–H groups in total. The SMILES string of the molecule is Cl.O=COCCc1csc(=NC2CCCCC2)n1/N=C/c1ccc(O)c(O)c1O. The maximum absolute atomic E-state index is 10.4. The Morgan fingerprint density at radius 2 is 1.93 bits per heavy atom. The number of phenols is 3. The minimum atomic E-state index is -0.592. The molecular formula is C19H24ClN3O5S. The molecule has 3 rings (SSSR count). The Balaban J connectivity index is 0.00000300. The second kappa shape index (κ2) is 10.9. The average Bonchev–Trinajstić information content (AvgIpc) is 3.08. The normalized spacial score (nSPS) is 15.4. The van der Waals surface area contributed by atoms with Crippen LogP contribution in [-0.2, 0) is 16.0 Å². The third-order valence-corrected chi connectivity index (χ3v) is 5.52. The van der Waals surface area contributed by atoms with E-state index in [0.717, 1.165) is 23.3 Å². The third-order valence-electron chi connectivity index (χ3n) is 4.64. The zero-order chi connectivity index (χ0) is 19.9. The Labute approximate surface area is 178 Å². The lowest BCUT2D eigenvalue weighted by atomic mass is 9.96. The van der Waals surface area contributed by atoms with Crippen molar-refractivity contribution in [1.29, 1.82) is 0 Å². The van der Waals surface area contributed by atoms with Crippen LogP contribution in [-0.4, -0.2) is 45.3 Å². The van der Waals surface area contributed by atoms with Gasteiger partial charge >= 0.3 is 0 Å². The van der Waals surface area contributed by atoms with Gasteiger partial charge in [0.05, 0.1) is 24.6 Å². The van der Waals surface area contributed by atoms with Gasteiger partial charge in [0.15, 0.2) is 11.5 Å². The number of aromatic nitrogens is 1. The van der Waals surface area contributed by atoms with Crippen molar-refractivity contribution in [3.05, 3.63) is 33.6 Å². The second-order valence-corrected chi connectivity index (χ2v) is 7.41. The second-order valence-electron chi connectivity index (χ2n) is 6.58. The van der Waals surface area contributed by atoms with Gasteiger partial charge < -0.3 is 20.1 Å². The van der Waals surface area contributed by atoms with Crippen molar-refractivity contribution in [1.82, 2.24) is 4.68 Å². The largest absolute Gasteiger partial charge is 0.504 e. The summed E-state index contributed by atoms with van der Waals surface area (Å²) in [5, 5.41) is 35.5. The summed E-state index contributed by atoms with van der Waals surface area (Å²) in [6.07, 6.45) is 7.56. The highest BCUT2D eigenvalue weighted by molar-refractivity contribution is 7.07. The number of rotatable bonds is 7. The first-order valence-electron chi connectivity index (χ1n) is 9.17. The monoisotopic (exact) mass is 441 g/mol. The van der Waals surface area contributed by atoms with E-state index in [9.17, 15) is 20.1 Å². The summed E-state index contributed by atoms with van der Waals surface area (Å²) in [5.74, 6) is -1.44. The van der Waals surface area contributed by atoms with E-state index in [1.165, 1.54) is 48.9 Å². The van der Waals surface area contributed by atoms with Crippen LogP contribution in [0.3, 0.4) is 0 Å². The summed E-state index contributed by atoms with van der Waals surface area (Å²) in [6, 6.07) is 2.99. The highest BCUT2D eigenvalue weighted by Gasteiger charge is 2.14. The molecule has 0 bridgehead atoms. The number of aromatic hydroxyl groups is 3. The van der Waals surface area contributed by atoms with E-state index in [0.29, 0.717) is 12.9 Å². The highest BCUT2D eigenvalue weighted by Crippen LogP contribution is 2.36. The molecular weight excluding hydrogens is 418 g/mol. The number of carbonyl (C=O) groups is 1. The number of benzene rings is 1. The fourth-order valence-electron chi connectivity index (χ4n) is 3.10. The van der Waals surface area contributed by atoms with Crippen LogP contribution >= 0.6 is 23.7 Å². The van der Waals surface area contributed by atoms with Gasteiger partial charge in [-0.2, -0.15) is 5.10 Å². The lowest BCUT2D eigenvalue weighted by Gasteiger charge is -2.16. The zero-order valence-corrected chi connectivity index (χ0v) is 17.4. The molecule has 29 heavy (non-hydrogen) atoms. The lowest BCUT2D eigenvalue weighted by Crippen LogP contribution is -2.20. The van der Waals surface area contributed by atoms with Crippen LogP contribution in [0, 0.1) is 0 Å². The van der Waals surface area contributed by atoms with Gasteiger partial charge in [-0.1, -0.05) is 19.3 Å². The van der Waals surface area contributed by atoms with E-state index in [2.05, 4.69) is 5.10 Å². The molecule has 10 heteroatoms. The van der Waals surface area contributed by atoms with Gasteiger partial charge in [0.2, 0.25) is 10.6 Å². The van der Waals surface area contributed by atoms with Crippen molar-refractivity contribution in [3.8, 4) is 17.2 Å². The molecule has 8 nitrogen and oxygen atoms in total. The minimum Gasteiger partial charge on any atom is -0.504 e. The maximum Gasteiger partial charge on any atom is 0.293 e. The summed E-state index contributed by atoms with van der Waals surface area (Å²) >= 11 is 1.46. The van der Waals surface area contributed by atoms with Gasteiger partial charge in [-0.05, 0) is 25.0 Å². The van der Waals surface area contributed by atoms with Crippen molar-refractivity contribution in [3.63, 3.8) is 0 Å². The summed E-state index contributed by atoms with van der Waals surface area (Å²) in [6.45, 7) is 0.633. The summed E-state index contributed by atoms with van der Waals surface area (Å²) in [7, 11) is 0. The van der Waals surface area contributed by atoms with E-state index in [1.54, 1.807) is 4.68 Å². The standard InChI is InChI=1S/C19H23N3O5S.ClH/c23-12-27-9-8-15-11-28-19(21-14-4-2-1-3-5-14)22(15)20-10-13-6-7-16(24)18(26)17(13)25;/h6-7,10-12,14,24-26H,1-5,8-9H2;1H/b20-10+,21-19?;. The first-order valence-corrected chi connectivity index (χ1v) is 10.0. The number of halogens is 1. The lowest BCUT2D eigenvalue weighted by molar-refractivity contribution is -0.128. The first kappa shape index (κ1) is 22.8. The van der Waals surface area contributed by atoms with E-state index < -0.39 is 17.2 Å². The molecule has 0 spiro atoms. The number of phenolic OH excluding ortho intramolecular Hbond substituents is 3. The van der Waals surface area contributed by atoms with Gasteiger partial charge in [0.25, 0.3) is 6.47 Å². The van der Waals surface area contributed by atoms with Gasteiger partial charge in [0, 0.05) is 17.4 Å². The molecule has 0 aliphatic heterocycles. The topological polar surface area (TPSA) is 117 Å². The fraction of sp³-hybridized carbons (Fsp3) is 0.421. The summed E-state index contributed by atoms with van der Waals surface area (Å²) < 4.78 is 6.45. The van der Waals surface area contributed by atoms with Crippen molar-refractivity contribution >= 4 is 36.4 Å². The number of ether oxygens (including phenoxy) is 1. The molecule has 0 saturated heterocycles. The number of nitrogens with zero attached hydrogens (tertiary/aromatic N) is 3.